The minimum atomic E-state index is -0.942. The van der Waals surface area contributed by atoms with Crippen LogP contribution in [0.4, 0.5) is 0 Å². The molecular formula is C9H18O4. The fourth-order valence-corrected chi connectivity index (χ4v) is 2.00. The zero-order chi connectivity index (χ0) is 10.0. The fourth-order valence-electron chi connectivity index (χ4n) is 2.00. The van der Waals surface area contributed by atoms with Gasteiger partial charge < -0.3 is 20.1 Å². The molecule has 1 aliphatic rings. The minimum Gasteiger partial charge on any atom is -0.394 e. The van der Waals surface area contributed by atoms with Gasteiger partial charge in [0.25, 0.3) is 0 Å². The largest absolute Gasteiger partial charge is 0.394 e. The molecule has 3 N–H and O–H groups in total. The van der Waals surface area contributed by atoms with E-state index in [0.717, 1.165) is 0 Å². The molecule has 4 heteroatoms. The van der Waals surface area contributed by atoms with Crippen LogP contribution in [0.2, 0.25) is 0 Å². The van der Waals surface area contributed by atoms with Crippen LogP contribution < -0.4 is 0 Å². The van der Waals surface area contributed by atoms with E-state index in [1.54, 1.807) is 0 Å². The first-order valence-corrected chi connectivity index (χ1v) is 4.68. The molecule has 0 bridgehead atoms. The molecule has 1 aliphatic heterocycles. The van der Waals surface area contributed by atoms with Gasteiger partial charge in [0, 0.05) is 12.3 Å². The number of hydrogen-bond acceptors (Lipinski definition) is 4. The zero-order valence-corrected chi connectivity index (χ0v) is 8.05. The summed E-state index contributed by atoms with van der Waals surface area (Å²) in [6.07, 6.45) is -1.74. The summed E-state index contributed by atoms with van der Waals surface area (Å²) in [6, 6.07) is 0. The molecule has 0 radical (unpaired) electrons. The van der Waals surface area contributed by atoms with Crippen molar-refractivity contribution in [3.05, 3.63) is 0 Å². The molecule has 0 aromatic rings. The Morgan fingerprint density at radius 3 is 2.46 bits per heavy atom. The molecule has 4 atom stereocenters. The van der Waals surface area contributed by atoms with Crippen LogP contribution in [0, 0.1) is 11.8 Å². The summed E-state index contributed by atoms with van der Waals surface area (Å²) < 4.78 is 5.13. The van der Waals surface area contributed by atoms with Crippen LogP contribution in [0.5, 0.6) is 0 Å². The SMILES string of the molecule is CC(C)C1C(CO)O[C@@H](O)C[C@H]1O. The van der Waals surface area contributed by atoms with Gasteiger partial charge in [-0.15, -0.1) is 0 Å². The third-order valence-electron chi connectivity index (χ3n) is 2.60. The summed E-state index contributed by atoms with van der Waals surface area (Å²) in [5.74, 6) is 0.146. The van der Waals surface area contributed by atoms with Gasteiger partial charge in [0.2, 0.25) is 0 Å². The van der Waals surface area contributed by atoms with Crippen LogP contribution in [-0.4, -0.2) is 40.4 Å². The highest BCUT2D eigenvalue weighted by Crippen LogP contribution is 2.30. The molecule has 13 heavy (non-hydrogen) atoms. The van der Waals surface area contributed by atoms with Crippen molar-refractivity contribution < 1.29 is 20.1 Å². The first kappa shape index (κ1) is 10.9. The highest BCUT2D eigenvalue weighted by atomic mass is 16.6. The lowest BCUT2D eigenvalue weighted by Gasteiger charge is -2.39. The van der Waals surface area contributed by atoms with E-state index in [4.69, 9.17) is 9.84 Å². The normalized spacial score (nSPS) is 41.1. The summed E-state index contributed by atoms with van der Waals surface area (Å²) in [6.45, 7) is 3.78. The molecule has 78 valence electrons. The Morgan fingerprint density at radius 1 is 1.38 bits per heavy atom. The number of hydrogen-bond donors (Lipinski definition) is 3. The second-order valence-corrected chi connectivity index (χ2v) is 3.94. The van der Waals surface area contributed by atoms with Gasteiger partial charge in [-0.1, -0.05) is 13.8 Å². The number of aliphatic hydroxyl groups is 3. The van der Waals surface area contributed by atoms with E-state index >= 15 is 0 Å². The van der Waals surface area contributed by atoms with Gasteiger partial charge in [-0.25, -0.2) is 0 Å². The second-order valence-electron chi connectivity index (χ2n) is 3.94. The average molecular weight is 190 g/mol. The topological polar surface area (TPSA) is 69.9 Å². The molecule has 2 unspecified atom stereocenters. The summed E-state index contributed by atoms with van der Waals surface area (Å²) in [4.78, 5) is 0. The van der Waals surface area contributed by atoms with Crippen molar-refractivity contribution in [2.24, 2.45) is 11.8 Å². The Morgan fingerprint density at radius 2 is 2.00 bits per heavy atom. The van der Waals surface area contributed by atoms with E-state index in [1.165, 1.54) is 0 Å². The smallest absolute Gasteiger partial charge is 0.157 e. The second kappa shape index (κ2) is 4.37. The number of rotatable bonds is 2. The highest BCUT2D eigenvalue weighted by Gasteiger charge is 2.38. The Kier molecular flexibility index (Phi) is 3.67. The molecule has 0 aromatic heterocycles. The average Bonchev–Trinajstić information content (AvgIpc) is 2.01. The molecule has 0 amide bonds. The maximum absolute atomic E-state index is 9.66. The van der Waals surface area contributed by atoms with Crippen molar-refractivity contribution in [2.45, 2.75) is 38.8 Å². The molecule has 0 saturated carbocycles. The first-order chi connectivity index (χ1) is 6.06. The third-order valence-corrected chi connectivity index (χ3v) is 2.60. The Balaban J connectivity index is 2.66. The van der Waals surface area contributed by atoms with Gasteiger partial charge in [-0.3, -0.25) is 0 Å². The summed E-state index contributed by atoms with van der Waals surface area (Å²) in [5.41, 5.74) is 0. The lowest BCUT2D eigenvalue weighted by atomic mass is 9.82. The maximum Gasteiger partial charge on any atom is 0.157 e. The van der Waals surface area contributed by atoms with E-state index in [-0.39, 0.29) is 24.9 Å². The maximum atomic E-state index is 9.66. The van der Waals surface area contributed by atoms with Crippen LogP contribution in [0.15, 0.2) is 0 Å². The first-order valence-electron chi connectivity index (χ1n) is 4.68. The Hall–Kier alpha value is -0.160. The standard InChI is InChI=1S/C9H18O4/c1-5(2)9-6(11)3-8(12)13-7(9)4-10/h5-12H,3-4H2,1-2H3/t6-,7?,8-,9?/m1/s1. The molecule has 1 heterocycles. The van der Waals surface area contributed by atoms with Crippen molar-refractivity contribution in [1.82, 2.24) is 0 Å². The van der Waals surface area contributed by atoms with Crippen LogP contribution in [0.1, 0.15) is 20.3 Å². The highest BCUT2D eigenvalue weighted by molar-refractivity contribution is 4.84. The summed E-state index contributed by atoms with van der Waals surface area (Å²) in [5, 5.41) is 27.8. The third kappa shape index (κ3) is 2.40. The molecular weight excluding hydrogens is 172 g/mol. The van der Waals surface area contributed by atoms with Crippen molar-refractivity contribution >= 4 is 0 Å². The van der Waals surface area contributed by atoms with Gasteiger partial charge >= 0.3 is 0 Å². The molecule has 0 aliphatic carbocycles. The number of aliphatic hydroxyl groups excluding tert-OH is 3. The minimum absolute atomic E-state index is 0.0894. The lowest BCUT2D eigenvalue weighted by molar-refractivity contribution is -0.229. The zero-order valence-electron chi connectivity index (χ0n) is 8.05. The lowest BCUT2D eigenvalue weighted by Crippen LogP contribution is -2.48. The monoisotopic (exact) mass is 190 g/mol. The molecule has 1 saturated heterocycles. The van der Waals surface area contributed by atoms with E-state index in [9.17, 15) is 10.2 Å². The predicted octanol–water partition coefficient (Wildman–Crippen LogP) is -0.281. The quantitative estimate of drug-likeness (QED) is 0.560. The van der Waals surface area contributed by atoms with E-state index < -0.39 is 18.5 Å². The van der Waals surface area contributed by atoms with E-state index in [1.807, 2.05) is 13.8 Å². The van der Waals surface area contributed by atoms with Crippen molar-refractivity contribution in [2.75, 3.05) is 6.61 Å². The Bertz CT molecular complexity index is 160. The predicted molar refractivity (Wildman–Crippen MR) is 46.9 cm³/mol. The summed E-state index contributed by atoms with van der Waals surface area (Å²) >= 11 is 0. The van der Waals surface area contributed by atoms with Crippen molar-refractivity contribution in [1.29, 1.82) is 0 Å². The van der Waals surface area contributed by atoms with Gasteiger partial charge in [-0.2, -0.15) is 0 Å². The Labute approximate surface area is 78.1 Å². The molecule has 0 aromatic carbocycles. The van der Waals surface area contributed by atoms with Crippen molar-refractivity contribution in [3.8, 4) is 0 Å². The van der Waals surface area contributed by atoms with Gasteiger partial charge in [0.15, 0.2) is 6.29 Å². The van der Waals surface area contributed by atoms with Crippen molar-refractivity contribution in [3.63, 3.8) is 0 Å². The van der Waals surface area contributed by atoms with Crippen LogP contribution >= 0.6 is 0 Å². The van der Waals surface area contributed by atoms with Gasteiger partial charge in [0.05, 0.1) is 18.8 Å². The molecule has 1 rings (SSSR count). The number of ether oxygens (including phenoxy) is 1. The van der Waals surface area contributed by atoms with E-state index in [2.05, 4.69) is 0 Å². The van der Waals surface area contributed by atoms with Crippen LogP contribution in [0.3, 0.4) is 0 Å². The fraction of sp³-hybridized carbons (Fsp3) is 1.00. The van der Waals surface area contributed by atoms with Crippen LogP contribution in [-0.2, 0) is 4.74 Å². The van der Waals surface area contributed by atoms with E-state index in [0.29, 0.717) is 0 Å². The van der Waals surface area contributed by atoms with Gasteiger partial charge in [0.1, 0.15) is 0 Å². The van der Waals surface area contributed by atoms with Crippen LogP contribution in [0.25, 0.3) is 0 Å². The summed E-state index contributed by atoms with van der Waals surface area (Å²) in [7, 11) is 0. The molecule has 1 fully saturated rings. The molecule has 4 nitrogen and oxygen atoms in total. The van der Waals surface area contributed by atoms with Gasteiger partial charge in [-0.05, 0) is 5.92 Å². The molecule has 0 spiro atoms.